The molecule has 0 aliphatic heterocycles. The molecule has 0 fully saturated rings. The van der Waals surface area contributed by atoms with E-state index in [1.807, 2.05) is 12.1 Å². The first-order valence-electron chi connectivity index (χ1n) is 6.67. The highest BCUT2D eigenvalue weighted by Gasteiger charge is 2.28. The van der Waals surface area contributed by atoms with E-state index in [1.165, 1.54) is 5.56 Å². The zero-order chi connectivity index (χ0) is 13.6. The zero-order valence-electron chi connectivity index (χ0n) is 12.1. The van der Waals surface area contributed by atoms with Crippen LogP contribution >= 0.6 is 0 Å². The Kier molecular flexibility index (Phi) is 5.63. The Hall–Kier alpha value is -1.06. The van der Waals surface area contributed by atoms with Crippen LogP contribution in [0.3, 0.4) is 0 Å². The van der Waals surface area contributed by atoms with Gasteiger partial charge in [-0.15, -0.1) is 0 Å². The highest BCUT2D eigenvalue weighted by molar-refractivity contribution is 5.28. The molecule has 0 heterocycles. The van der Waals surface area contributed by atoms with Crippen LogP contribution in [0.4, 0.5) is 0 Å². The van der Waals surface area contributed by atoms with Crippen LogP contribution in [-0.2, 0) is 6.42 Å². The number of methoxy groups -OCH3 is 1. The fraction of sp³-hybridized carbons (Fsp3) is 0.600. The van der Waals surface area contributed by atoms with Crippen LogP contribution in [0.5, 0.6) is 5.75 Å². The summed E-state index contributed by atoms with van der Waals surface area (Å²) >= 11 is 0. The van der Waals surface area contributed by atoms with Crippen molar-refractivity contribution in [3.8, 4) is 5.75 Å². The van der Waals surface area contributed by atoms with Crippen LogP contribution in [0, 0.1) is 0 Å². The van der Waals surface area contributed by atoms with Crippen molar-refractivity contribution in [2.75, 3.05) is 26.7 Å². The summed E-state index contributed by atoms with van der Waals surface area (Å²) in [7, 11) is 1.69. The van der Waals surface area contributed by atoms with Gasteiger partial charge in [-0.2, -0.15) is 0 Å². The van der Waals surface area contributed by atoms with Crippen molar-refractivity contribution in [2.24, 2.45) is 5.73 Å². The summed E-state index contributed by atoms with van der Waals surface area (Å²) in [6.45, 7) is 9.34. The Morgan fingerprint density at radius 3 is 2.11 bits per heavy atom. The Bertz CT molecular complexity index is 346. The molecule has 0 aromatic heterocycles. The summed E-state index contributed by atoms with van der Waals surface area (Å²) < 4.78 is 5.18. The van der Waals surface area contributed by atoms with Gasteiger partial charge in [-0.05, 0) is 44.1 Å². The van der Waals surface area contributed by atoms with Gasteiger partial charge in [0.15, 0.2) is 0 Å². The molecule has 0 amide bonds. The van der Waals surface area contributed by atoms with Crippen molar-refractivity contribution in [3.63, 3.8) is 0 Å². The highest BCUT2D eigenvalue weighted by Crippen LogP contribution is 2.21. The summed E-state index contributed by atoms with van der Waals surface area (Å²) in [6, 6.07) is 8.26. The standard InChI is InChI=1S/C15H26N2O/c1-5-17(6-2)15(3,12-16)11-13-7-9-14(18-4)10-8-13/h7-10H,5-6,11-12,16H2,1-4H3. The molecule has 2 N–H and O–H groups in total. The zero-order valence-corrected chi connectivity index (χ0v) is 12.1. The van der Waals surface area contributed by atoms with Crippen LogP contribution in [0.15, 0.2) is 24.3 Å². The number of rotatable bonds is 7. The van der Waals surface area contributed by atoms with Gasteiger partial charge in [-0.25, -0.2) is 0 Å². The molecule has 0 aliphatic rings. The van der Waals surface area contributed by atoms with Gasteiger partial charge in [0.2, 0.25) is 0 Å². The average molecular weight is 250 g/mol. The maximum absolute atomic E-state index is 6.00. The molecule has 0 saturated carbocycles. The first-order chi connectivity index (χ1) is 8.59. The molecule has 0 aliphatic carbocycles. The van der Waals surface area contributed by atoms with Gasteiger partial charge in [0.1, 0.15) is 5.75 Å². The Morgan fingerprint density at radius 1 is 1.17 bits per heavy atom. The number of ether oxygens (including phenoxy) is 1. The molecule has 0 radical (unpaired) electrons. The quantitative estimate of drug-likeness (QED) is 0.807. The van der Waals surface area contributed by atoms with Gasteiger partial charge >= 0.3 is 0 Å². The molecule has 1 atom stereocenters. The van der Waals surface area contributed by atoms with E-state index in [-0.39, 0.29) is 5.54 Å². The molecule has 3 nitrogen and oxygen atoms in total. The van der Waals surface area contributed by atoms with Crippen molar-refractivity contribution in [1.29, 1.82) is 0 Å². The van der Waals surface area contributed by atoms with Crippen LogP contribution in [0.25, 0.3) is 0 Å². The van der Waals surface area contributed by atoms with Crippen molar-refractivity contribution in [3.05, 3.63) is 29.8 Å². The third-order valence-corrected chi connectivity index (χ3v) is 3.71. The number of hydrogen-bond donors (Lipinski definition) is 1. The number of nitrogens with two attached hydrogens (primary N) is 1. The molecular weight excluding hydrogens is 224 g/mol. The predicted octanol–water partition coefficient (Wildman–Crippen LogP) is 2.30. The maximum atomic E-state index is 6.00. The fourth-order valence-corrected chi connectivity index (χ4v) is 2.48. The minimum absolute atomic E-state index is 0.0259. The first kappa shape index (κ1) is 15.0. The third-order valence-electron chi connectivity index (χ3n) is 3.71. The monoisotopic (exact) mass is 250 g/mol. The summed E-state index contributed by atoms with van der Waals surface area (Å²) in [4.78, 5) is 2.43. The molecule has 102 valence electrons. The second-order valence-corrected chi connectivity index (χ2v) is 4.90. The summed E-state index contributed by atoms with van der Waals surface area (Å²) in [5, 5.41) is 0. The summed E-state index contributed by atoms with van der Waals surface area (Å²) in [5.74, 6) is 0.899. The van der Waals surface area contributed by atoms with E-state index < -0.39 is 0 Å². The van der Waals surface area contributed by atoms with E-state index in [0.29, 0.717) is 6.54 Å². The predicted molar refractivity (Wildman–Crippen MR) is 77.1 cm³/mol. The van der Waals surface area contributed by atoms with Crippen LogP contribution in [0.2, 0.25) is 0 Å². The second-order valence-electron chi connectivity index (χ2n) is 4.90. The molecule has 1 aromatic rings. The minimum Gasteiger partial charge on any atom is -0.497 e. The maximum Gasteiger partial charge on any atom is 0.118 e. The average Bonchev–Trinajstić information content (AvgIpc) is 2.41. The van der Waals surface area contributed by atoms with E-state index in [0.717, 1.165) is 25.3 Å². The van der Waals surface area contributed by atoms with Gasteiger partial charge in [-0.1, -0.05) is 26.0 Å². The molecule has 18 heavy (non-hydrogen) atoms. The minimum atomic E-state index is 0.0259. The number of likely N-dealkylation sites (N-methyl/N-ethyl adjacent to an activating group) is 1. The normalized spacial score (nSPS) is 14.6. The lowest BCUT2D eigenvalue weighted by Gasteiger charge is -2.39. The van der Waals surface area contributed by atoms with Crippen LogP contribution < -0.4 is 10.5 Å². The van der Waals surface area contributed by atoms with Gasteiger partial charge in [0.25, 0.3) is 0 Å². The lowest BCUT2D eigenvalue weighted by Crippen LogP contribution is -2.53. The molecule has 1 unspecified atom stereocenters. The van der Waals surface area contributed by atoms with E-state index >= 15 is 0 Å². The lowest BCUT2D eigenvalue weighted by molar-refractivity contribution is 0.124. The van der Waals surface area contributed by atoms with Gasteiger partial charge in [0, 0.05) is 12.1 Å². The summed E-state index contributed by atoms with van der Waals surface area (Å²) in [6.07, 6.45) is 0.967. The van der Waals surface area contributed by atoms with Crippen LogP contribution in [-0.4, -0.2) is 37.2 Å². The smallest absolute Gasteiger partial charge is 0.118 e. The molecule has 1 rings (SSSR count). The number of benzene rings is 1. The van der Waals surface area contributed by atoms with Crippen molar-refractivity contribution < 1.29 is 4.74 Å². The van der Waals surface area contributed by atoms with E-state index in [9.17, 15) is 0 Å². The molecule has 0 bridgehead atoms. The Balaban J connectivity index is 2.83. The lowest BCUT2D eigenvalue weighted by atomic mass is 9.90. The first-order valence-corrected chi connectivity index (χ1v) is 6.67. The SMILES string of the molecule is CCN(CC)C(C)(CN)Cc1ccc(OC)cc1. The van der Waals surface area contributed by atoms with E-state index in [4.69, 9.17) is 10.5 Å². The number of hydrogen-bond acceptors (Lipinski definition) is 3. The molecule has 1 aromatic carbocycles. The van der Waals surface area contributed by atoms with Crippen LogP contribution in [0.1, 0.15) is 26.3 Å². The molecule has 3 heteroatoms. The number of nitrogens with zero attached hydrogens (tertiary/aromatic N) is 1. The largest absolute Gasteiger partial charge is 0.497 e. The highest BCUT2D eigenvalue weighted by atomic mass is 16.5. The second kappa shape index (κ2) is 6.76. The molecule has 0 spiro atoms. The van der Waals surface area contributed by atoms with Gasteiger partial charge < -0.3 is 10.5 Å². The van der Waals surface area contributed by atoms with Gasteiger partial charge in [-0.3, -0.25) is 4.90 Å². The Morgan fingerprint density at radius 2 is 1.72 bits per heavy atom. The van der Waals surface area contributed by atoms with E-state index in [1.54, 1.807) is 7.11 Å². The third kappa shape index (κ3) is 3.47. The van der Waals surface area contributed by atoms with Crippen molar-refractivity contribution in [1.82, 2.24) is 4.90 Å². The fourth-order valence-electron chi connectivity index (χ4n) is 2.48. The van der Waals surface area contributed by atoms with E-state index in [2.05, 4.69) is 37.8 Å². The Labute approximate surface area is 111 Å². The van der Waals surface area contributed by atoms with Gasteiger partial charge in [0.05, 0.1) is 7.11 Å². The van der Waals surface area contributed by atoms with Crippen molar-refractivity contribution >= 4 is 0 Å². The van der Waals surface area contributed by atoms with Crippen molar-refractivity contribution in [2.45, 2.75) is 32.7 Å². The summed E-state index contributed by atoms with van der Waals surface area (Å²) in [5.41, 5.74) is 7.32. The molecular formula is C15H26N2O. The molecule has 0 saturated heterocycles. The topological polar surface area (TPSA) is 38.5 Å².